The van der Waals surface area contributed by atoms with Gasteiger partial charge in [-0.1, -0.05) is 0 Å². The standard InChI is InChI=1S/C12H17N3O2/c1-9-6-15(7-10(2)17-9)12-4-3-11(5-13-12)14-8-16/h3-5,8-10H,6-7H2,1-2H3,(H,14,16). The van der Waals surface area contributed by atoms with Crippen LogP contribution in [0.5, 0.6) is 0 Å². The van der Waals surface area contributed by atoms with Crippen molar-refractivity contribution in [3.63, 3.8) is 0 Å². The van der Waals surface area contributed by atoms with E-state index in [0.717, 1.165) is 18.9 Å². The van der Waals surface area contributed by atoms with Gasteiger partial charge in [0.05, 0.1) is 24.1 Å². The highest BCUT2D eigenvalue weighted by molar-refractivity contribution is 5.71. The highest BCUT2D eigenvalue weighted by Gasteiger charge is 2.22. The molecule has 2 rings (SSSR count). The van der Waals surface area contributed by atoms with Gasteiger partial charge in [0, 0.05) is 13.1 Å². The van der Waals surface area contributed by atoms with Gasteiger partial charge in [0.15, 0.2) is 0 Å². The number of carbonyl (C=O) groups is 1. The molecular weight excluding hydrogens is 218 g/mol. The molecular formula is C12H17N3O2. The lowest BCUT2D eigenvalue weighted by Gasteiger charge is -2.36. The molecule has 0 bridgehead atoms. The van der Waals surface area contributed by atoms with Crippen LogP contribution < -0.4 is 10.2 Å². The Morgan fingerprint density at radius 2 is 2.12 bits per heavy atom. The number of pyridine rings is 1. The van der Waals surface area contributed by atoms with Crippen LogP contribution in [-0.2, 0) is 9.53 Å². The van der Waals surface area contributed by atoms with Crippen LogP contribution in [-0.4, -0.2) is 36.7 Å². The summed E-state index contributed by atoms with van der Waals surface area (Å²) in [7, 11) is 0. The first-order valence-electron chi connectivity index (χ1n) is 5.75. The molecule has 0 aliphatic carbocycles. The molecule has 5 nitrogen and oxygen atoms in total. The van der Waals surface area contributed by atoms with Gasteiger partial charge in [0.2, 0.25) is 6.41 Å². The number of nitrogens with zero attached hydrogens (tertiary/aromatic N) is 2. The highest BCUT2D eigenvalue weighted by atomic mass is 16.5. The Morgan fingerprint density at radius 1 is 1.41 bits per heavy atom. The van der Waals surface area contributed by atoms with Gasteiger partial charge in [-0.05, 0) is 26.0 Å². The van der Waals surface area contributed by atoms with Crippen LogP contribution in [0.25, 0.3) is 0 Å². The summed E-state index contributed by atoms with van der Waals surface area (Å²) in [6.45, 7) is 5.81. The lowest BCUT2D eigenvalue weighted by atomic mass is 10.2. The molecule has 2 atom stereocenters. The average Bonchev–Trinajstić information content (AvgIpc) is 2.29. The Morgan fingerprint density at radius 3 is 2.65 bits per heavy atom. The summed E-state index contributed by atoms with van der Waals surface area (Å²) in [5.41, 5.74) is 0.707. The van der Waals surface area contributed by atoms with Crippen LogP contribution in [0.3, 0.4) is 0 Å². The second-order valence-corrected chi connectivity index (χ2v) is 4.33. The number of amides is 1. The average molecular weight is 235 g/mol. The topological polar surface area (TPSA) is 54.5 Å². The molecule has 2 unspecified atom stereocenters. The summed E-state index contributed by atoms with van der Waals surface area (Å²) in [5, 5.41) is 2.57. The van der Waals surface area contributed by atoms with Gasteiger partial charge in [-0.2, -0.15) is 0 Å². The normalized spacial score (nSPS) is 24.5. The minimum atomic E-state index is 0.216. The van der Waals surface area contributed by atoms with Crippen LogP contribution in [0.1, 0.15) is 13.8 Å². The van der Waals surface area contributed by atoms with Gasteiger partial charge in [-0.25, -0.2) is 4.98 Å². The molecule has 1 aliphatic heterocycles. The highest BCUT2D eigenvalue weighted by Crippen LogP contribution is 2.19. The molecule has 0 saturated carbocycles. The number of nitrogens with one attached hydrogen (secondary N) is 1. The number of ether oxygens (including phenoxy) is 1. The maximum absolute atomic E-state index is 10.3. The minimum absolute atomic E-state index is 0.216. The van der Waals surface area contributed by atoms with Crippen LogP contribution in [0.15, 0.2) is 18.3 Å². The van der Waals surface area contributed by atoms with Gasteiger partial charge >= 0.3 is 0 Å². The smallest absolute Gasteiger partial charge is 0.211 e. The van der Waals surface area contributed by atoms with Crippen molar-refractivity contribution in [1.29, 1.82) is 0 Å². The molecule has 1 amide bonds. The minimum Gasteiger partial charge on any atom is -0.372 e. The first kappa shape index (κ1) is 11.9. The molecule has 1 aromatic rings. The van der Waals surface area contributed by atoms with Crippen molar-refractivity contribution in [2.75, 3.05) is 23.3 Å². The van der Waals surface area contributed by atoms with E-state index in [-0.39, 0.29) is 12.2 Å². The fourth-order valence-corrected chi connectivity index (χ4v) is 2.09. The van der Waals surface area contributed by atoms with E-state index in [0.29, 0.717) is 12.1 Å². The summed E-state index contributed by atoms with van der Waals surface area (Å²) in [4.78, 5) is 16.8. The molecule has 0 radical (unpaired) electrons. The van der Waals surface area contributed by atoms with Crippen LogP contribution >= 0.6 is 0 Å². The number of rotatable bonds is 3. The number of morpholine rings is 1. The zero-order chi connectivity index (χ0) is 12.3. The lowest BCUT2D eigenvalue weighted by molar-refractivity contribution is -0.105. The monoisotopic (exact) mass is 235 g/mol. The lowest BCUT2D eigenvalue weighted by Crippen LogP contribution is -2.45. The Kier molecular flexibility index (Phi) is 3.58. The second kappa shape index (κ2) is 5.14. The Balaban J connectivity index is 2.08. The van der Waals surface area contributed by atoms with E-state index in [1.54, 1.807) is 6.20 Å². The molecule has 1 N–H and O–H groups in total. The van der Waals surface area contributed by atoms with E-state index in [2.05, 4.69) is 29.0 Å². The van der Waals surface area contributed by atoms with Crippen molar-refractivity contribution in [2.45, 2.75) is 26.1 Å². The van der Waals surface area contributed by atoms with E-state index < -0.39 is 0 Å². The van der Waals surface area contributed by atoms with Crippen molar-refractivity contribution < 1.29 is 9.53 Å². The molecule has 1 fully saturated rings. The van der Waals surface area contributed by atoms with Crippen molar-refractivity contribution in [3.05, 3.63) is 18.3 Å². The zero-order valence-electron chi connectivity index (χ0n) is 10.1. The number of hydrogen-bond donors (Lipinski definition) is 1. The molecule has 2 heterocycles. The van der Waals surface area contributed by atoms with Gasteiger partial charge < -0.3 is 15.0 Å². The molecule has 0 aromatic carbocycles. The van der Waals surface area contributed by atoms with Gasteiger partial charge in [-0.3, -0.25) is 4.79 Å². The summed E-state index contributed by atoms with van der Waals surface area (Å²) in [6, 6.07) is 3.76. The third kappa shape index (κ3) is 2.94. The third-order valence-corrected chi connectivity index (χ3v) is 2.72. The maximum atomic E-state index is 10.3. The number of hydrogen-bond acceptors (Lipinski definition) is 4. The third-order valence-electron chi connectivity index (χ3n) is 2.72. The molecule has 1 aromatic heterocycles. The maximum Gasteiger partial charge on any atom is 0.211 e. The molecule has 0 spiro atoms. The summed E-state index contributed by atoms with van der Waals surface area (Å²) >= 11 is 0. The van der Waals surface area contributed by atoms with Crippen LogP contribution in [0.4, 0.5) is 11.5 Å². The first-order valence-corrected chi connectivity index (χ1v) is 5.75. The predicted molar refractivity (Wildman–Crippen MR) is 66.1 cm³/mol. The Hall–Kier alpha value is -1.62. The van der Waals surface area contributed by atoms with E-state index in [1.165, 1.54) is 0 Å². The van der Waals surface area contributed by atoms with Gasteiger partial charge in [0.25, 0.3) is 0 Å². The van der Waals surface area contributed by atoms with E-state index in [4.69, 9.17) is 4.74 Å². The molecule has 92 valence electrons. The summed E-state index contributed by atoms with van der Waals surface area (Å²) in [5.74, 6) is 0.920. The second-order valence-electron chi connectivity index (χ2n) is 4.33. The molecule has 1 aliphatic rings. The van der Waals surface area contributed by atoms with E-state index in [1.807, 2.05) is 12.1 Å². The largest absolute Gasteiger partial charge is 0.372 e. The van der Waals surface area contributed by atoms with Crippen molar-refractivity contribution >= 4 is 17.9 Å². The molecule has 1 saturated heterocycles. The quantitative estimate of drug-likeness (QED) is 0.801. The van der Waals surface area contributed by atoms with Crippen molar-refractivity contribution in [2.24, 2.45) is 0 Å². The number of anilines is 2. The Labute approximate surface area is 101 Å². The van der Waals surface area contributed by atoms with Gasteiger partial charge in [0.1, 0.15) is 5.82 Å². The summed E-state index contributed by atoms with van der Waals surface area (Å²) < 4.78 is 5.67. The number of aromatic nitrogens is 1. The number of carbonyl (C=O) groups excluding carboxylic acids is 1. The van der Waals surface area contributed by atoms with Crippen LogP contribution in [0.2, 0.25) is 0 Å². The predicted octanol–water partition coefficient (Wildman–Crippen LogP) is 1.26. The Bertz CT molecular complexity index is 370. The van der Waals surface area contributed by atoms with E-state index >= 15 is 0 Å². The fraction of sp³-hybridized carbons (Fsp3) is 0.500. The van der Waals surface area contributed by atoms with E-state index in [9.17, 15) is 4.79 Å². The fourth-order valence-electron chi connectivity index (χ4n) is 2.09. The van der Waals surface area contributed by atoms with Crippen molar-refractivity contribution in [1.82, 2.24) is 4.98 Å². The van der Waals surface area contributed by atoms with Gasteiger partial charge in [-0.15, -0.1) is 0 Å². The molecule has 5 heteroatoms. The first-order chi connectivity index (χ1) is 8.19. The van der Waals surface area contributed by atoms with Crippen molar-refractivity contribution in [3.8, 4) is 0 Å². The SMILES string of the molecule is CC1CN(c2ccc(NC=O)cn2)CC(C)O1. The molecule has 17 heavy (non-hydrogen) atoms. The summed E-state index contributed by atoms with van der Waals surface area (Å²) in [6.07, 6.45) is 2.74. The zero-order valence-corrected chi connectivity index (χ0v) is 10.1. The van der Waals surface area contributed by atoms with Crippen LogP contribution in [0, 0.1) is 0 Å².